The molecule has 1 saturated heterocycles. The van der Waals surface area contributed by atoms with Crippen molar-refractivity contribution in [3.05, 3.63) is 29.8 Å². The van der Waals surface area contributed by atoms with E-state index in [1.165, 1.54) is 4.80 Å². The molecule has 1 atom stereocenters. The summed E-state index contributed by atoms with van der Waals surface area (Å²) in [7, 11) is 0. The molecule has 0 radical (unpaired) electrons. The van der Waals surface area contributed by atoms with E-state index in [2.05, 4.69) is 15.4 Å². The second kappa shape index (κ2) is 6.62. The molecule has 1 unspecified atom stereocenters. The number of aromatic nitrogens is 4. The molecule has 25 heavy (non-hydrogen) atoms. The molecular formula is C17H21N5O3. The van der Waals surface area contributed by atoms with Gasteiger partial charge in [0.1, 0.15) is 6.54 Å². The van der Waals surface area contributed by atoms with Crippen LogP contribution >= 0.6 is 0 Å². The Bertz CT molecular complexity index is 786. The van der Waals surface area contributed by atoms with E-state index in [1.807, 2.05) is 31.2 Å². The van der Waals surface area contributed by atoms with Gasteiger partial charge in [-0.1, -0.05) is 29.8 Å². The van der Waals surface area contributed by atoms with Crippen molar-refractivity contribution in [2.75, 3.05) is 13.1 Å². The Morgan fingerprint density at radius 3 is 2.68 bits per heavy atom. The lowest BCUT2D eigenvalue weighted by Crippen LogP contribution is -2.49. The van der Waals surface area contributed by atoms with Crippen LogP contribution in [-0.2, 0) is 16.1 Å². The fourth-order valence-corrected chi connectivity index (χ4v) is 2.98. The number of likely N-dealkylation sites (tertiary alicyclic amines) is 1. The van der Waals surface area contributed by atoms with Gasteiger partial charge >= 0.3 is 5.97 Å². The van der Waals surface area contributed by atoms with Gasteiger partial charge in [-0.15, -0.1) is 10.2 Å². The van der Waals surface area contributed by atoms with Crippen molar-refractivity contribution < 1.29 is 14.7 Å². The van der Waals surface area contributed by atoms with E-state index in [0.29, 0.717) is 25.2 Å². The van der Waals surface area contributed by atoms with Gasteiger partial charge in [-0.25, -0.2) is 0 Å². The quantitative estimate of drug-likeness (QED) is 0.899. The van der Waals surface area contributed by atoms with Crippen molar-refractivity contribution in [2.45, 2.75) is 33.2 Å². The van der Waals surface area contributed by atoms with Gasteiger partial charge in [-0.3, -0.25) is 9.59 Å². The van der Waals surface area contributed by atoms with Crippen molar-refractivity contribution >= 4 is 11.9 Å². The number of benzene rings is 1. The number of tetrazole rings is 1. The molecule has 2 heterocycles. The van der Waals surface area contributed by atoms with E-state index in [1.54, 1.807) is 11.8 Å². The number of amides is 1. The molecule has 1 aliphatic rings. The number of carboxylic acid groups (broad SMARTS) is 1. The van der Waals surface area contributed by atoms with Gasteiger partial charge in [-0.05, 0) is 31.9 Å². The summed E-state index contributed by atoms with van der Waals surface area (Å²) < 4.78 is 0. The molecule has 3 rings (SSSR count). The predicted octanol–water partition coefficient (Wildman–Crippen LogP) is 1.36. The number of carbonyl (C=O) groups excluding carboxylic acids is 1. The molecule has 0 spiro atoms. The number of piperidine rings is 1. The SMILES string of the molecule is Cc1ccc(-c2nnn(CC(=O)N3CCCC(C)(C(=O)O)C3)n2)cc1. The van der Waals surface area contributed by atoms with Gasteiger partial charge in [0.05, 0.1) is 5.41 Å². The molecular weight excluding hydrogens is 322 g/mol. The number of carbonyl (C=O) groups is 2. The maximum atomic E-state index is 12.5. The van der Waals surface area contributed by atoms with Crippen molar-refractivity contribution in [1.82, 2.24) is 25.1 Å². The highest BCUT2D eigenvalue weighted by molar-refractivity contribution is 5.79. The first-order valence-corrected chi connectivity index (χ1v) is 8.23. The standard InChI is InChI=1S/C17H21N5O3/c1-12-4-6-13(7-5-12)15-18-20-22(19-15)10-14(23)21-9-3-8-17(2,11-21)16(24)25/h4-7H,3,8-11H2,1-2H3,(H,24,25). The molecule has 1 aliphatic heterocycles. The second-order valence-electron chi connectivity index (χ2n) is 6.79. The predicted molar refractivity (Wildman–Crippen MR) is 89.5 cm³/mol. The number of hydrogen-bond donors (Lipinski definition) is 1. The van der Waals surface area contributed by atoms with Crippen LogP contribution in [0.25, 0.3) is 11.4 Å². The number of aryl methyl sites for hydroxylation is 1. The molecule has 0 aliphatic carbocycles. The summed E-state index contributed by atoms with van der Waals surface area (Å²) in [5.74, 6) is -0.604. The summed E-state index contributed by atoms with van der Waals surface area (Å²) >= 11 is 0. The summed E-state index contributed by atoms with van der Waals surface area (Å²) in [6.45, 7) is 4.39. The molecule has 0 bridgehead atoms. The summed E-state index contributed by atoms with van der Waals surface area (Å²) in [6.07, 6.45) is 1.25. The number of nitrogens with zero attached hydrogens (tertiary/aromatic N) is 5. The smallest absolute Gasteiger partial charge is 0.311 e. The van der Waals surface area contributed by atoms with Crippen LogP contribution in [0.2, 0.25) is 0 Å². The van der Waals surface area contributed by atoms with Gasteiger partial charge in [0.25, 0.3) is 0 Å². The van der Waals surface area contributed by atoms with Gasteiger partial charge in [-0.2, -0.15) is 4.80 Å². The van der Waals surface area contributed by atoms with Gasteiger partial charge < -0.3 is 10.0 Å². The lowest BCUT2D eigenvalue weighted by atomic mass is 9.82. The normalized spacial score (nSPS) is 20.5. The average molecular weight is 343 g/mol. The van der Waals surface area contributed by atoms with E-state index >= 15 is 0 Å². The number of rotatable bonds is 4. The number of carboxylic acids is 1. The van der Waals surface area contributed by atoms with Crippen molar-refractivity contribution in [3.63, 3.8) is 0 Å². The first-order valence-electron chi connectivity index (χ1n) is 8.23. The first kappa shape index (κ1) is 17.1. The third-order valence-corrected chi connectivity index (χ3v) is 4.60. The van der Waals surface area contributed by atoms with E-state index in [0.717, 1.165) is 11.1 Å². The summed E-state index contributed by atoms with van der Waals surface area (Å²) in [5.41, 5.74) is 1.08. The summed E-state index contributed by atoms with van der Waals surface area (Å²) in [5, 5.41) is 21.5. The highest BCUT2D eigenvalue weighted by atomic mass is 16.4. The highest BCUT2D eigenvalue weighted by Gasteiger charge is 2.39. The van der Waals surface area contributed by atoms with Crippen LogP contribution in [-0.4, -0.2) is 55.2 Å². The molecule has 1 aromatic carbocycles. The number of hydrogen-bond acceptors (Lipinski definition) is 5. The Balaban J connectivity index is 1.67. The number of aliphatic carboxylic acids is 1. The third kappa shape index (κ3) is 3.67. The monoisotopic (exact) mass is 343 g/mol. The lowest BCUT2D eigenvalue weighted by molar-refractivity contribution is -0.153. The zero-order chi connectivity index (χ0) is 18.0. The van der Waals surface area contributed by atoms with Crippen LogP contribution in [0.3, 0.4) is 0 Å². The third-order valence-electron chi connectivity index (χ3n) is 4.60. The van der Waals surface area contributed by atoms with Crippen LogP contribution in [0.1, 0.15) is 25.3 Å². The highest BCUT2D eigenvalue weighted by Crippen LogP contribution is 2.29. The van der Waals surface area contributed by atoms with Crippen LogP contribution in [0.4, 0.5) is 0 Å². The Labute approximate surface area is 145 Å². The Kier molecular flexibility index (Phi) is 4.52. The zero-order valence-corrected chi connectivity index (χ0v) is 14.3. The van der Waals surface area contributed by atoms with Gasteiger partial charge in [0.15, 0.2) is 0 Å². The van der Waals surface area contributed by atoms with Crippen LogP contribution < -0.4 is 0 Å². The minimum Gasteiger partial charge on any atom is -0.481 e. The van der Waals surface area contributed by atoms with Gasteiger partial charge in [0.2, 0.25) is 11.7 Å². The summed E-state index contributed by atoms with van der Waals surface area (Å²) in [4.78, 5) is 26.7. The first-order chi connectivity index (χ1) is 11.9. The van der Waals surface area contributed by atoms with E-state index < -0.39 is 11.4 Å². The molecule has 8 heteroatoms. The topological polar surface area (TPSA) is 101 Å². The average Bonchev–Trinajstić information content (AvgIpc) is 3.04. The Morgan fingerprint density at radius 1 is 1.28 bits per heavy atom. The molecule has 1 amide bonds. The van der Waals surface area contributed by atoms with Gasteiger partial charge in [0, 0.05) is 18.7 Å². The molecule has 1 fully saturated rings. The van der Waals surface area contributed by atoms with E-state index in [-0.39, 0.29) is 19.0 Å². The van der Waals surface area contributed by atoms with Crippen LogP contribution in [0, 0.1) is 12.3 Å². The lowest BCUT2D eigenvalue weighted by Gasteiger charge is -2.37. The van der Waals surface area contributed by atoms with Crippen molar-refractivity contribution in [3.8, 4) is 11.4 Å². The molecule has 1 aromatic heterocycles. The van der Waals surface area contributed by atoms with E-state index in [4.69, 9.17) is 0 Å². The Morgan fingerprint density at radius 2 is 2.00 bits per heavy atom. The van der Waals surface area contributed by atoms with Crippen molar-refractivity contribution in [1.29, 1.82) is 0 Å². The molecule has 0 saturated carbocycles. The van der Waals surface area contributed by atoms with E-state index in [9.17, 15) is 14.7 Å². The zero-order valence-electron chi connectivity index (χ0n) is 14.3. The molecule has 1 N–H and O–H groups in total. The fraction of sp³-hybridized carbons (Fsp3) is 0.471. The maximum absolute atomic E-state index is 12.5. The van der Waals surface area contributed by atoms with Crippen LogP contribution in [0.15, 0.2) is 24.3 Å². The van der Waals surface area contributed by atoms with Crippen molar-refractivity contribution in [2.24, 2.45) is 5.41 Å². The molecule has 2 aromatic rings. The van der Waals surface area contributed by atoms with Crippen LogP contribution in [0.5, 0.6) is 0 Å². The fourth-order valence-electron chi connectivity index (χ4n) is 2.98. The minimum absolute atomic E-state index is 0.0471. The second-order valence-corrected chi connectivity index (χ2v) is 6.79. The molecule has 132 valence electrons. The Hall–Kier alpha value is -2.77. The minimum atomic E-state index is -0.892. The molecule has 8 nitrogen and oxygen atoms in total. The summed E-state index contributed by atoms with van der Waals surface area (Å²) in [6, 6.07) is 7.73. The largest absolute Gasteiger partial charge is 0.481 e. The maximum Gasteiger partial charge on any atom is 0.311 e.